The largest absolute Gasteiger partial charge is 0.467 e. The van der Waals surface area contributed by atoms with Gasteiger partial charge in [-0.2, -0.15) is 0 Å². The first kappa shape index (κ1) is 16.9. The van der Waals surface area contributed by atoms with Gasteiger partial charge in [-0.15, -0.1) is 0 Å². The average molecular weight is 358 g/mol. The second-order valence-corrected chi connectivity index (χ2v) is 6.02. The van der Waals surface area contributed by atoms with E-state index in [1.54, 1.807) is 17.0 Å². The van der Waals surface area contributed by atoms with Crippen molar-refractivity contribution in [3.8, 4) is 22.8 Å². The molecule has 0 spiro atoms. The number of para-hydroxylation sites is 1. The highest BCUT2D eigenvalue weighted by Crippen LogP contribution is 2.26. The van der Waals surface area contributed by atoms with Crippen molar-refractivity contribution in [2.45, 2.75) is 13.3 Å². The van der Waals surface area contributed by atoms with Crippen molar-refractivity contribution >= 4 is 10.9 Å². The lowest BCUT2D eigenvalue weighted by atomic mass is 10.0. The molecule has 4 aromatic rings. The Balaban J connectivity index is 2.03. The minimum absolute atomic E-state index is 0.102. The molecule has 6 nitrogen and oxygen atoms in total. The van der Waals surface area contributed by atoms with Gasteiger partial charge in [-0.3, -0.25) is 9.36 Å². The van der Waals surface area contributed by atoms with E-state index in [4.69, 9.17) is 9.72 Å². The number of ether oxygens (including phenoxy) is 1. The molecule has 0 aliphatic rings. The number of nitrogens with zero attached hydrogens (tertiary/aromatic N) is 4. The third-order valence-corrected chi connectivity index (χ3v) is 4.42. The molecule has 27 heavy (non-hydrogen) atoms. The summed E-state index contributed by atoms with van der Waals surface area (Å²) in [5.41, 5.74) is 2.85. The van der Waals surface area contributed by atoms with E-state index in [1.165, 1.54) is 7.11 Å². The van der Waals surface area contributed by atoms with Crippen molar-refractivity contribution in [3.05, 3.63) is 77.1 Å². The highest BCUT2D eigenvalue weighted by molar-refractivity contribution is 5.93. The Hall–Kier alpha value is -3.54. The molecule has 2 heterocycles. The molecule has 0 saturated heterocycles. The molecule has 0 radical (unpaired) electrons. The van der Waals surface area contributed by atoms with E-state index in [1.807, 2.05) is 55.5 Å². The van der Waals surface area contributed by atoms with Crippen LogP contribution in [-0.2, 0) is 6.42 Å². The molecular weight excluding hydrogens is 340 g/mol. The number of hydrogen-bond donors (Lipinski definition) is 0. The zero-order chi connectivity index (χ0) is 18.8. The van der Waals surface area contributed by atoms with Gasteiger partial charge in [-0.1, -0.05) is 37.3 Å². The first-order valence-electron chi connectivity index (χ1n) is 8.69. The smallest absolute Gasteiger partial charge is 0.316 e. The van der Waals surface area contributed by atoms with Gasteiger partial charge in [0.25, 0.3) is 5.56 Å². The van der Waals surface area contributed by atoms with E-state index in [0.717, 1.165) is 22.6 Å². The molecule has 0 bridgehead atoms. The molecule has 6 heteroatoms. The Kier molecular flexibility index (Phi) is 4.38. The molecule has 0 aliphatic heterocycles. The summed E-state index contributed by atoms with van der Waals surface area (Å²) in [6.07, 6.45) is 3.96. The lowest BCUT2D eigenvalue weighted by Crippen LogP contribution is -2.24. The first-order chi connectivity index (χ1) is 13.2. The average Bonchev–Trinajstić information content (AvgIpc) is 2.73. The van der Waals surface area contributed by atoms with Crippen molar-refractivity contribution in [2.24, 2.45) is 0 Å². The number of benzene rings is 2. The van der Waals surface area contributed by atoms with Crippen molar-refractivity contribution in [1.82, 2.24) is 19.5 Å². The van der Waals surface area contributed by atoms with Crippen LogP contribution in [0.3, 0.4) is 0 Å². The molecule has 0 unspecified atom stereocenters. The molecule has 0 N–H and O–H groups in total. The van der Waals surface area contributed by atoms with Crippen LogP contribution in [0.1, 0.15) is 12.7 Å². The number of fused-ring (bicyclic) bond motifs is 1. The zero-order valence-electron chi connectivity index (χ0n) is 15.1. The molecule has 134 valence electrons. The second kappa shape index (κ2) is 6.99. The van der Waals surface area contributed by atoms with Gasteiger partial charge in [-0.25, -0.2) is 15.0 Å². The van der Waals surface area contributed by atoms with Crippen LogP contribution in [0.15, 0.2) is 65.7 Å². The predicted octanol–water partition coefficient (Wildman–Crippen LogP) is 3.41. The number of aryl methyl sites for hydroxylation is 1. The minimum Gasteiger partial charge on any atom is -0.467 e. The van der Waals surface area contributed by atoms with Gasteiger partial charge in [0, 0.05) is 24.4 Å². The molecule has 0 atom stereocenters. The van der Waals surface area contributed by atoms with Gasteiger partial charge in [-0.05, 0) is 23.8 Å². The molecule has 0 saturated carbocycles. The van der Waals surface area contributed by atoms with Crippen molar-refractivity contribution < 1.29 is 4.74 Å². The van der Waals surface area contributed by atoms with Gasteiger partial charge in [0.15, 0.2) is 0 Å². The minimum atomic E-state index is -0.102. The second-order valence-electron chi connectivity index (χ2n) is 6.02. The van der Waals surface area contributed by atoms with Crippen LogP contribution in [0.25, 0.3) is 27.7 Å². The number of methoxy groups -OCH3 is 1. The fourth-order valence-electron chi connectivity index (χ4n) is 3.16. The van der Waals surface area contributed by atoms with Crippen molar-refractivity contribution in [3.63, 3.8) is 0 Å². The fraction of sp³-hybridized carbons (Fsp3) is 0.143. The van der Waals surface area contributed by atoms with Crippen LogP contribution in [0.4, 0.5) is 0 Å². The van der Waals surface area contributed by atoms with Crippen LogP contribution in [0.2, 0.25) is 0 Å². The predicted molar refractivity (Wildman–Crippen MR) is 104 cm³/mol. The van der Waals surface area contributed by atoms with Crippen LogP contribution in [-0.4, -0.2) is 26.6 Å². The molecule has 0 fully saturated rings. The maximum absolute atomic E-state index is 13.5. The highest BCUT2D eigenvalue weighted by Gasteiger charge is 2.15. The van der Waals surface area contributed by atoms with Gasteiger partial charge >= 0.3 is 6.01 Å². The number of hydrogen-bond acceptors (Lipinski definition) is 5. The van der Waals surface area contributed by atoms with Gasteiger partial charge in [0.2, 0.25) is 0 Å². The maximum atomic E-state index is 13.5. The quantitative estimate of drug-likeness (QED) is 0.559. The van der Waals surface area contributed by atoms with Crippen LogP contribution < -0.4 is 10.3 Å². The topological polar surface area (TPSA) is 69.9 Å². The van der Waals surface area contributed by atoms with Crippen LogP contribution in [0.5, 0.6) is 6.01 Å². The molecular formula is C21H18N4O2. The summed E-state index contributed by atoms with van der Waals surface area (Å²) in [6, 6.07) is 15.5. The van der Waals surface area contributed by atoms with Crippen LogP contribution >= 0.6 is 0 Å². The third kappa shape index (κ3) is 2.95. The summed E-state index contributed by atoms with van der Waals surface area (Å²) >= 11 is 0. The zero-order valence-corrected chi connectivity index (χ0v) is 15.1. The Labute approximate surface area is 156 Å². The summed E-state index contributed by atoms with van der Waals surface area (Å²) in [4.78, 5) is 26.6. The first-order valence-corrected chi connectivity index (χ1v) is 8.69. The van der Waals surface area contributed by atoms with E-state index in [2.05, 4.69) is 9.97 Å². The van der Waals surface area contributed by atoms with Gasteiger partial charge in [0.1, 0.15) is 5.82 Å². The Bertz CT molecular complexity index is 1150. The molecule has 0 aliphatic carbocycles. The van der Waals surface area contributed by atoms with E-state index in [-0.39, 0.29) is 11.6 Å². The van der Waals surface area contributed by atoms with Gasteiger partial charge in [0.05, 0.1) is 23.7 Å². The summed E-state index contributed by atoms with van der Waals surface area (Å²) in [7, 11) is 1.52. The Morgan fingerprint density at radius 1 is 1.00 bits per heavy atom. The lowest BCUT2D eigenvalue weighted by molar-refractivity contribution is 0.380. The van der Waals surface area contributed by atoms with E-state index < -0.39 is 0 Å². The summed E-state index contributed by atoms with van der Waals surface area (Å²) in [5, 5.41) is 0.548. The summed E-state index contributed by atoms with van der Waals surface area (Å²) in [5.74, 6) is 0.724. The fourth-order valence-corrected chi connectivity index (χ4v) is 3.16. The normalized spacial score (nSPS) is 10.9. The maximum Gasteiger partial charge on any atom is 0.316 e. The number of aromatic nitrogens is 4. The standard InChI is InChI=1S/C21H18N4O2/c1-3-18-24-17-11-7-10-16(14-12-22-21(27-2)23-13-14)19(17)20(26)25(18)15-8-5-4-6-9-15/h4-13H,3H2,1-2H3. The Morgan fingerprint density at radius 3 is 2.41 bits per heavy atom. The number of rotatable bonds is 4. The van der Waals surface area contributed by atoms with E-state index in [0.29, 0.717) is 17.3 Å². The van der Waals surface area contributed by atoms with E-state index in [9.17, 15) is 4.79 Å². The SMILES string of the molecule is CCc1nc2cccc(-c3cnc(OC)nc3)c2c(=O)n1-c1ccccc1. The monoisotopic (exact) mass is 358 g/mol. The molecule has 2 aromatic heterocycles. The third-order valence-electron chi connectivity index (χ3n) is 4.42. The Morgan fingerprint density at radius 2 is 1.74 bits per heavy atom. The molecule has 4 rings (SSSR count). The summed E-state index contributed by atoms with van der Waals surface area (Å²) in [6.45, 7) is 1.99. The van der Waals surface area contributed by atoms with Crippen molar-refractivity contribution in [2.75, 3.05) is 7.11 Å². The highest BCUT2D eigenvalue weighted by atomic mass is 16.5. The van der Waals surface area contributed by atoms with Crippen molar-refractivity contribution in [1.29, 1.82) is 0 Å². The van der Waals surface area contributed by atoms with Gasteiger partial charge < -0.3 is 4.74 Å². The lowest BCUT2D eigenvalue weighted by Gasteiger charge is -2.14. The van der Waals surface area contributed by atoms with Crippen LogP contribution in [0, 0.1) is 0 Å². The van der Waals surface area contributed by atoms with E-state index >= 15 is 0 Å². The molecule has 0 amide bonds. The molecule has 2 aromatic carbocycles. The summed E-state index contributed by atoms with van der Waals surface area (Å²) < 4.78 is 6.70.